The Hall–Kier alpha value is -2.25. The minimum absolute atomic E-state index is 0.496. The highest BCUT2D eigenvalue weighted by atomic mass is 32.1. The molecule has 0 saturated heterocycles. The molecule has 3 rings (SSSR count). The molecular formula is C14H7FN2S. The monoisotopic (exact) mass is 253 g/mol. The predicted molar refractivity (Wildman–Crippen MR) is 69.8 cm³/mol. The minimum atomic E-state index is -0.496. The first-order valence-electron chi connectivity index (χ1n) is 5.28. The molecule has 0 aliphatic carbocycles. The minimum Gasteiger partial charge on any atom is -0.245 e. The summed E-state index contributed by atoms with van der Waals surface area (Å²) in [4.78, 5) is 7.79. The molecule has 0 atom stereocenters. The molecule has 0 fully saturated rings. The van der Waals surface area contributed by atoms with Crippen molar-refractivity contribution < 1.29 is 4.39 Å². The zero-order valence-electron chi connectivity index (χ0n) is 9.22. The molecule has 2 nitrogen and oxygen atoms in total. The second-order valence-electron chi connectivity index (χ2n) is 3.65. The first-order chi connectivity index (χ1) is 8.81. The SMILES string of the molecule is [18F]c1ccc(C#Cc2ccc3scnc3c2)cn1. The lowest BCUT2D eigenvalue weighted by atomic mass is 10.2. The Balaban J connectivity index is 1.94. The van der Waals surface area contributed by atoms with Crippen molar-refractivity contribution in [2.75, 3.05) is 0 Å². The number of hydrogen-bond acceptors (Lipinski definition) is 3. The summed E-state index contributed by atoms with van der Waals surface area (Å²) in [6.07, 6.45) is 1.42. The Morgan fingerprint density at radius 2 is 1.83 bits per heavy atom. The van der Waals surface area contributed by atoms with Gasteiger partial charge in [0.05, 0.1) is 15.7 Å². The van der Waals surface area contributed by atoms with Gasteiger partial charge in [-0.25, -0.2) is 9.97 Å². The van der Waals surface area contributed by atoms with Gasteiger partial charge in [0, 0.05) is 17.3 Å². The van der Waals surface area contributed by atoms with Crippen LogP contribution >= 0.6 is 11.3 Å². The van der Waals surface area contributed by atoms with Crippen molar-refractivity contribution in [3.63, 3.8) is 0 Å². The molecule has 3 aromatic rings. The maximum atomic E-state index is 12.6. The zero-order valence-corrected chi connectivity index (χ0v) is 10.0. The van der Waals surface area contributed by atoms with E-state index in [0.29, 0.717) is 5.56 Å². The first-order valence-corrected chi connectivity index (χ1v) is 6.16. The third-order valence-electron chi connectivity index (χ3n) is 2.41. The number of rotatable bonds is 0. The van der Waals surface area contributed by atoms with E-state index in [2.05, 4.69) is 21.8 Å². The van der Waals surface area contributed by atoms with Gasteiger partial charge in [0.25, 0.3) is 0 Å². The summed E-state index contributed by atoms with van der Waals surface area (Å²) in [5.74, 6) is 5.46. The lowest BCUT2D eigenvalue weighted by molar-refractivity contribution is 0.583. The molecule has 0 radical (unpaired) electrons. The van der Waals surface area contributed by atoms with Crippen LogP contribution in [0.2, 0.25) is 0 Å². The summed E-state index contributed by atoms with van der Waals surface area (Å²) in [5, 5.41) is 0. The average molecular weight is 253 g/mol. The molecular weight excluding hydrogens is 246 g/mol. The van der Waals surface area contributed by atoms with Crippen molar-refractivity contribution >= 4 is 21.6 Å². The molecule has 1 aromatic carbocycles. The normalized spacial score (nSPS) is 10.1. The zero-order chi connectivity index (χ0) is 12.4. The predicted octanol–water partition coefficient (Wildman–Crippen LogP) is 3.23. The number of hydrogen-bond donors (Lipinski definition) is 0. The third kappa shape index (κ3) is 2.22. The van der Waals surface area contributed by atoms with Crippen LogP contribution < -0.4 is 0 Å². The van der Waals surface area contributed by atoms with Gasteiger partial charge in [-0.3, -0.25) is 0 Å². The summed E-state index contributed by atoms with van der Waals surface area (Å²) in [6, 6.07) is 8.80. The summed E-state index contributed by atoms with van der Waals surface area (Å²) < 4.78 is 13.8. The van der Waals surface area contributed by atoms with Gasteiger partial charge in [-0.15, -0.1) is 11.3 Å². The van der Waals surface area contributed by atoms with E-state index in [4.69, 9.17) is 0 Å². The van der Waals surface area contributed by atoms with E-state index >= 15 is 0 Å². The van der Waals surface area contributed by atoms with Crippen molar-refractivity contribution in [2.45, 2.75) is 0 Å². The fraction of sp³-hybridized carbons (Fsp3) is 0. The topological polar surface area (TPSA) is 25.8 Å². The van der Waals surface area contributed by atoms with Crippen LogP contribution in [0.1, 0.15) is 11.1 Å². The third-order valence-corrected chi connectivity index (χ3v) is 3.22. The van der Waals surface area contributed by atoms with Gasteiger partial charge in [0.2, 0.25) is 5.95 Å². The van der Waals surface area contributed by atoms with Gasteiger partial charge in [-0.2, -0.15) is 4.39 Å². The molecule has 0 aliphatic heterocycles. The average Bonchev–Trinajstić information content (AvgIpc) is 2.85. The van der Waals surface area contributed by atoms with Crippen molar-refractivity contribution in [1.82, 2.24) is 9.97 Å². The molecule has 2 aromatic heterocycles. The highest BCUT2D eigenvalue weighted by Crippen LogP contribution is 2.18. The highest BCUT2D eigenvalue weighted by Gasteiger charge is 1.96. The van der Waals surface area contributed by atoms with E-state index in [-0.39, 0.29) is 0 Å². The van der Waals surface area contributed by atoms with E-state index in [1.54, 1.807) is 17.4 Å². The Morgan fingerprint density at radius 1 is 1.00 bits per heavy atom. The standard InChI is InChI=1S/C14H7FN2S/c15-14-6-4-11(8-16-14)2-1-10-3-5-13-12(7-10)17-9-18-13/h3-9H/i15-1. The lowest BCUT2D eigenvalue weighted by Crippen LogP contribution is -1.82. The quantitative estimate of drug-likeness (QED) is 0.454. The van der Waals surface area contributed by atoms with Gasteiger partial charge in [-0.1, -0.05) is 11.8 Å². The smallest absolute Gasteiger partial charge is 0.212 e. The van der Waals surface area contributed by atoms with Crippen LogP contribution in [0.15, 0.2) is 42.0 Å². The van der Waals surface area contributed by atoms with Gasteiger partial charge < -0.3 is 0 Å². The van der Waals surface area contributed by atoms with Crippen molar-refractivity contribution in [3.8, 4) is 11.8 Å². The molecule has 0 bridgehead atoms. The molecule has 0 unspecified atom stereocenters. The maximum absolute atomic E-state index is 12.6. The van der Waals surface area contributed by atoms with E-state index in [1.165, 1.54) is 12.3 Å². The second-order valence-corrected chi connectivity index (χ2v) is 4.54. The number of aromatic nitrogens is 2. The van der Waals surface area contributed by atoms with E-state index < -0.39 is 5.95 Å². The fourth-order valence-corrected chi connectivity index (χ4v) is 2.19. The molecule has 0 amide bonds. The number of thiazole rings is 1. The highest BCUT2D eigenvalue weighted by molar-refractivity contribution is 7.16. The summed E-state index contributed by atoms with van der Waals surface area (Å²) >= 11 is 1.60. The number of fused-ring (bicyclic) bond motifs is 1. The van der Waals surface area contributed by atoms with E-state index in [9.17, 15) is 4.39 Å². The van der Waals surface area contributed by atoms with Crippen LogP contribution in [0.25, 0.3) is 10.2 Å². The summed E-state index contributed by atoms with van der Waals surface area (Å²) in [6.45, 7) is 0. The molecule has 18 heavy (non-hydrogen) atoms. The molecule has 0 spiro atoms. The number of halogens is 1. The fourth-order valence-electron chi connectivity index (χ4n) is 1.53. The maximum Gasteiger partial charge on any atom is 0.212 e. The Labute approximate surface area is 107 Å². The van der Waals surface area contributed by atoms with Crippen molar-refractivity contribution in [2.24, 2.45) is 0 Å². The Bertz CT molecular complexity index is 751. The number of benzene rings is 1. The van der Waals surface area contributed by atoms with Crippen LogP contribution in [0.3, 0.4) is 0 Å². The largest absolute Gasteiger partial charge is 0.245 e. The van der Waals surface area contributed by atoms with Gasteiger partial charge in [0.1, 0.15) is 0 Å². The van der Waals surface area contributed by atoms with Crippen LogP contribution in [0, 0.1) is 17.8 Å². The van der Waals surface area contributed by atoms with Crippen molar-refractivity contribution in [1.29, 1.82) is 0 Å². The second kappa shape index (κ2) is 4.55. The molecule has 0 aliphatic rings. The van der Waals surface area contributed by atoms with Crippen LogP contribution in [0.5, 0.6) is 0 Å². The van der Waals surface area contributed by atoms with Gasteiger partial charge >= 0.3 is 0 Å². The van der Waals surface area contributed by atoms with Crippen LogP contribution in [0.4, 0.5) is 4.39 Å². The number of nitrogens with zero attached hydrogens (tertiary/aromatic N) is 2. The summed E-state index contributed by atoms with van der Waals surface area (Å²) in [7, 11) is 0. The summed E-state index contributed by atoms with van der Waals surface area (Å²) in [5.41, 5.74) is 4.34. The van der Waals surface area contributed by atoms with Crippen LogP contribution in [-0.4, -0.2) is 9.97 Å². The van der Waals surface area contributed by atoms with Crippen LogP contribution in [-0.2, 0) is 0 Å². The molecule has 0 saturated carbocycles. The molecule has 0 N–H and O–H groups in total. The Morgan fingerprint density at radius 3 is 2.67 bits per heavy atom. The number of pyridine rings is 1. The van der Waals surface area contributed by atoms with Gasteiger partial charge in [0.15, 0.2) is 0 Å². The van der Waals surface area contributed by atoms with E-state index in [0.717, 1.165) is 15.8 Å². The van der Waals surface area contributed by atoms with E-state index in [1.807, 2.05) is 23.7 Å². The lowest BCUT2D eigenvalue weighted by Gasteiger charge is -1.91. The Kier molecular flexibility index (Phi) is 2.75. The van der Waals surface area contributed by atoms with Crippen molar-refractivity contribution in [3.05, 3.63) is 59.1 Å². The van der Waals surface area contributed by atoms with Gasteiger partial charge in [-0.05, 0) is 30.3 Å². The molecule has 86 valence electrons. The molecule has 2 heterocycles. The molecule has 4 heteroatoms. The first kappa shape index (κ1) is 10.9.